The molecule has 0 radical (unpaired) electrons. The van der Waals surface area contributed by atoms with E-state index in [9.17, 15) is 13.2 Å². The van der Waals surface area contributed by atoms with Crippen LogP contribution >= 0.6 is 22.9 Å². The van der Waals surface area contributed by atoms with E-state index in [1.807, 2.05) is 48.1 Å². The van der Waals surface area contributed by atoms with Gasteiger partial charge in [0.1, 0.15) is 0 Å². The fourth-order valence-electron chi connectivity index (χ4n) is 3.07. The molecule has 4 aromatic rings. The Bertz CT molecular complexity index is 1350. The van der Waals surface area contributed by atoms with Gasteiger partial charge in [0.15, 0.2) is 20.8 Å². The largest absolute Gasteiger partial charge is 0.333 e. The number of halogens is 1. The molecule has 2 aromatic carbocycles. The second-order valence-corrected chi connectivity index (χ2v) is 10.5. The number of aromatic nitrogens is 3. The number of anilines is 1. The zero-order chi connectivity index (χ0) is 22.7. The number of thiazole rings is 1. The van der Waals surface area contributed by atoms with Gasteiger partial charge in [-0.05, 0) is 24.3 Å². The van der Waals surface area contributed by atoms with Crippen molar-refractivity contribution in [2.75, 3.05) is 11.1 Å². The fraction of sp³-hybridized carbons (Fsp3) is 0.136. The minimum Gasteiger partial charge on any atom is -0.333 e. The van der Waals surface area contributed by atoms with E-state index in [1.54, 1.807) is 6.20 Å². The first kappa shape index (κ1) is 22.2. The summed E-state index contributed by atoms with van der Waals surface area (Å²) in [5.74, 6) is -0.0154. The summed E-state index contributed by atoms with van der Waals surface area (Å²) < 4.78 is 26.9. The first-order chi connectivity index (χ1) is 15.3. The molecule has 1 amide bonds. The lowest BCUT2D eigenvalue weighted by Crippen LogP contribution is -2.17. The summed E-state index contributed by atoms with van der Waals surface area (Å²) in [5.41, 5.74) is 1.60. The number of benzene rings is 2. The van der Waals surface area contributed by atoms with Crippen LogP contribution in [0.3, 0.4) is 0 Å². The number of carbonyl (C=O) groups excluding carboxylic acids is 1. The van der Waals surface area contributed by atoms with Crippen LogP contribution in [0.4, 0.5) is 5.13 Å². The van der Waals surface area contributed by atoms with Crippen molar-refractivity contribution >= 4 is 43.8 Å². The molecule has 0 saturated carbocycles. The molecular formula is C22H19ClN4O3S2. The highest BCUT2D eigenvalue weighted by Gasteiger charge is 2.21. The van der Waals surface area contributed by atoms with E-state index in [1.165, 1.54) is 35.6 Å². The Kier molecular flexibility index (Phi) is 6.40. The lowest BCUT2D eigenvalue weighted by molar-refractivity contribution is -0.115. The Labute approximate surface area is 194 Å². The molecule has 10 heteroatoms. The lowest BCUT2D eigenvalue weighted by atomic mass is 10.1. The van der Waals surface area contributed by atoms with Crippen molar-refractivity contribution in [3.05, 3.63) is 72.0 Å². The van der Waals surface area contributed by atoms with E-state index in [4.69, 9.17) is 11.6 Å². The van der Waals surface area contributed by atoms with Crippen LogP contribution in [0.2, 0.25) is 5.02 Å². The van der Waals surface area contributed by atoms with Crippen LogP contribution < -0.4 is 5.32 Å². The van der Waals surface area contributed by atoms with Gasteiger partial charge in [-0.25, -0.2) is 18.4 Å². The van der Waals surface area contributed by atoms with Gasteiger partial charge in [0, 0.05) is 36.4 Å². The van der Waals surface area contributed by atoms with Crippen molar-refractivity contribution < 1.29 is 13.2 Å². The van der Waals surface area contributed by atoms with Crippen molar-refractivity contribution in [1.82, 2.24) is 14.5 Å². The molecule has 1 N–H and O–H groups in total. The van der Waals surface area contributed by atoms with Gasteiger partial charge < -0.3 is 9.88 Å². The second-order valence-electron chi connectivity index (χ2n) is 7.00. The Morgan fingerprint density at radius 1 is 1.12 bits per heavy atom. The average Bonchev–Trinajstić information content (AvgIpc) is 3.39. The molecule has 4 rings (SSSR count). The number of amides is 1. The molecule has 32 heavy (non-hydrogen) atoms. The number of sulfone groups is 1. The van der Waals surface area contributed by atoms with Crippen molar-refractivity contribution in [1.29, 1.82) is 0 Å². The molecule has 0 atom stereocenters. The van der Waals surface area contributed by atoms with Crippen molar-refractivity contribution in [2.24, 2.45) is 7.05 Å². The quantitative estimate of drug-likeness (QED) is 0.409. The van der Waals surface area contributed by atoms with Crippen molar-refractivity contribution in [2.45, 2.75) is 11.3 Å². The van der Waals surface area contributed by atoms with Crippen LogP contribution in [0.1, 0.15) is 6.42 Å². The van der Waals surface area contributed by atoms with E-state index in [-0.39, 0.29) is 17.1 Å². The molecule has 0 unspecified atom stereocenters. The van der Waals surface area contributed by atoms with Gasteiger partial charge in [-0.15, -0.1) is 0 Å². The van der Waals surface area contributed by atoms with E-state index in [0.717, 1.165) is 16.3 Å². The summed E-state index contributed by atoms with van der Waals surface area (Å²) >= 11 is 7.11. The third kappa shape index (κ3) is 4.90. The monoisotopic (exact) mass is 486 g/mol. The van der Waals surface area contributed by atoms with Crippen molar-refractivity contribution in [3.63, 3.8) is 0 Å². The van der Waals surface area contributed by atoms with Gasteiger partial charge in [-0.1, -0.05) is 53.3 Å². The van der Waals surface area contributed by atoms with Crippen molar-refractivity contribution in [3.8, 4) is 22.0 Å². The third-order valence-corrected chi connectivity index (χ3v) is 7.67. The number of carbonyl (C=O) groups is 1. The number of hydrogen-bond acceptors (Lipinski definition) is 6. The van der Waals surface area contributed by atoms with Gasteiger partial charge in [0.2, 0.25) is 5.91 Å². The molecule has 0 fully saturated rings. The second kappa shape index (κ2) is 9.23. The summed E-state index contributed by atoms with van der Waals surface area (Å²) in [5, 5.41) is 3.57. The predicted octanol–water partition coefficient (Wildman–Crippen LogP) is 4.67. The number of aryl methyl sites for hydroxylation is 1. The molecule has 0 spiro atoms. The highest BCUT2D eigenvalue weighted by molar-refractivity contribution is 7.91. The van der Waals surface area contributed by atoms with Gasteiger partial charge in [-0.2, -0.15) is 0 Å². The molecule has 0 aliphatic carbocycles. The molecule has 7 nitrogen and oxygen atoms in total. The minimum absolute atomic E-state index is 0.132. The first-order valence-electron chi connectivity index (χ1n) is 9.65. The van der Waals surface area contributed by atoms with Crippen LogP contribution in [0.25, 0.3) is 22.0 Å². The Morgan fingerprint density at radius 3 is 2.50 bits per heavy atom. The fourth-order valence-corrected chi connectivity index (χ4v) is 5.48. The number of imidazole rings is 1. The van der Waals surface area contributed by atoms with Crippen LogP contribution in [-0.2, 0) is 21.7 Å². The van der Waals surface area contributed by atoms with Gasteiger partial charge >= 0.3 is 0 Å². The smallest absolute Gasteiger partial charge is 0.227 e. The maximum atomic E-state index is 12.5. The lowest BCUT2D eigenvalue weighted by Gasteiger charge is -2.05. The zero-order valence-corrected chi connectivity index (χ0v) is 19.4. The Balaban J connectivity index is 1.53. The highest BCUT2D eigenvalue weighted by atomic mass is 35.5. The van der Waals surface area contributed by atoms with Crippen LogP contribution in [-0.4, -0.2) is 34.6 Å². The molecule has 0 saturated heterocycles. The molecule has 164 valence electrons. The molecule has 0 aliphatic rings. The van der Waals surface area contributed by atoms with Crippen LogP contribution in [0.5, 0.6) is 0 Å². The van der Waals surface area contributed by atoms with E-state index < -0.39 is 15.7 Å². The van der Waals surface area contributed by atoms with E-state index >= 15 is 0 Å². The number of hydrogen-bond donors (Lipinski definition) is 1. The summed E-state index contributed by atoms with van der Waals surface area (Å²) in [6.45, 7) is 0. The minimum atomic E-state index is -3.60. The zero-order valence-electron chi connectivity index (χ0n) is 17.0. The highest BCUT2D eigenvalue weighted by Crippen LogP contribution is 2.38. The molecule has 2 aromatic heterocycles. The van der Waals surface area contributed by atoms with Crippen LogP contribution in [0, 0.1) is 0 Å². The Hall–Kier alpha value is -3.01. The summed E-state index contributed by atoms with van der Waals surface area (Å²) in [6, 6.07) is 15.5. The molecule has 0 aliphatic heterocycles. The molecule has 0 bridgehead atoms. The average molecular weight is 487 g/mol. The normalized spacial score (nSPS) is 11.4. The summed E-state index contributed by atoms with van der Waals surface area (Å²) in [7, 11) is -1.72. The topological polar surface area (TPSA) is 94.0 Å². The summed E-state index contributed by atoms with van der Waals surface area (Å²) in [4.78, 5) is 22.5. The molecular weight excluding hydrogens is 468 g/mol. The maximum Gasteiger partial charge on any atom is 0.227 e. The number of nitrogens with zero attached hydrogens (tertiary/aromatic N) is 3. The third-order valence-electron chi connectivity index (χ3n) is 4.72. The molecule has 2 heterocycles. The Morgan fingerprint density at radius 2 is 1.84 bits per heavy atom. The first-order valence-corrected chi connectivity index (χ1v) is 12.5. The van der Waals surface area contributed by atoms with Crippen LogP contribution in [0.15, 0.2) is 71.9 Å². The number of nitrogens with one attached hydrogen (secondary N) is 1. The van der Waals surface area contributed by atoms with Gasteiger partial charge in [0.05, 0.1) is 21.2 Å². The standard InChI is InChI=1S/C22H19ClN4O3S2/c1-27-13-12-24-21(27)20-19(15-5-3-2-4-6-15)26-22(31-20)25-18(28)11-14-32(29,30)17-9-7-16(23)8-10-17/h2-10,12-13H,11,14H2,1H3,(H,25,26,28). The van der Waals surface area contributed by atoms with E-state index in [2.05, 4.69) is 15.3 Å². The number of rotatable bonds is 7. The maximum absolute atomic E-state index is 12.5. The SMILES string of the molecule is Cn1ccnc1-c1sc(NC(=O)CCS(=O)(=O)c2ccc(Cl)cc2)nc1-c1ccccc1. The summed E-state index contributed by atoms with van der Waals surface area (Å²) in [6.07, 6.45) is 3.34. The van der Waals surface area contributed by atoms with Gasteiger partial charge in [-0.3, -0.25) is 4.79 Å². The van der Waals surface area contributed by atoms with E-state index in [0.29, 0.717) is 15.8 Å². The van der Waals surface area contributed by atoms with Gasteiger partial charge in [0.25, 0.3) is 0 Å². The predicted molar refractivity (Wildman–Crippen MR) is 127 cm³/mol.